The number of aryl methyl sites for hydroxylation is 1. The van der Waals surface area contributed by atoms with Gasteiger partial charge in [0, 0.05) is 35.9 Å². The molecule has 0 bridgehead atoms. The summed E-state index contributed by atoms with van der Waals surface area (Å²) >= 11 is 3.27. The van der Waals surface area contributed by atoms with Gasteiger partial charge in [-0.25, -0.2) is 8.78 Å². The van der Waals surface area contributed by atoms with E-state index in [0.717, 1.165) is 28.8 Å². The Morgan fingerprint density at radius 2 is 1.79 bits per heavy atom. The molecular formula is C25H26BrF2N3O3. The van der Waals surface area contributed by atoms with Crippen LogP contribution in [0, 0.1) is 18.6 Å². The van der Waals surface area contributed by atoms with Gasteiger partial charge in [-0.15, -0.1) is 0 Å². The number of nitrogens with one attached hydrogen (secondary N) is 2. The number of carbonyl (C=O) groups is 1. The summed E-state index contributed by atoms with van der Waals surface area (Å²) < 4.78 is 33.3. The van der Waals surface area contributed by atoms with Crippen LogP contribution in [0.3, 0.4) is 0 Å². The number of hydrogen-bond acceptors (Lipinski definition) is 4. The van der Waals surface area contributed by atoms with E-state index < -0.39 is 17.2 Å². The number of benzene rings is 2. The first kappa shape index (κ1) is 25.6. The maximum Gasteiger partial charge on any atom is 0.266 e. The Balaban J connectivity index is 1.79. The third kappa shape index (κ3) is 6.30. The van der Waals surface area contributed by atoms with E-state index in [-0.39, 0.29) is 28.1 Å². The summed E-state index contributed by atoms with van der Waals surface area (Å²) in [5, 5.41) is 2.80. The number of pyridine rings is 1. The van der Waals surface area contributed by atoms with Gasteiger partial charge in [0.05, 0.1) is 5.54 Å². The molecule has 9 heteroatoms. The molecule has 3 aromatic rings. The van der Waals surface area contributed by atoms with Gasteiger partial charge in [0.1, 0.15) is 28.5 Å². The average molecular weight is 534 g/mol. The van der Waals surface area contributed by atoms with E-state index in [2.05, 4.69) is 26.2 Å². The van der Waals surface area contributed by atoms with Gasteiger partial charge < -0.3 is 20.8 Å². The Kier molecular flexibility index (Phi) is 7.89. The van der Waals surface area contributed by atoms with Gasteiger partial charge in [-0.3, -0.25) is 9.59 Å². The molecule has 1 amide bonds. The lowest BCUT2D eigenvalue weighted by molar-refractivity contribution is -0.125. The maximum atomic E-state index is 14.0. The summed E-state index contributed by atoms with van der Waals surface area (Å²) in [4.78, 5) is 27.0. The highest BCUT2D eigenvalue weighted by Crippen LogP contribution is 2.31. The second-order valence-electron chi connectivity index (χ2n) is 8.62. The van der Waals surface area contributed by atoms with Crippen molar-refractivity contribution < 1.29 is 18.3 Å². The lowest BCUT2D eigenvalue weighted by atomic mass is 10.0. The number of aromatic nitrogens is 1. The normalized spacial score (nSPS) is 11.4. The fraction of sp³-hybridized carbons (Fsp3) is 0.280. The number of halogens is 3. The van der Waals surface area contributed by atoms with Gasteiger partial charge in [-0.05, 0) is 60.0 Å². The number of carbonyl (C=O) groups excluding carboxylic acids is 1. The Bertz CT molecular complexity index is 1250. The highest BCUT2D eigenvalue weighted by Gasteiger charge is 2.21. The summed E-state index contributed by atoms with van der Waals surface area (Å²) in [6, 6.07) is 10.9. The summed E-state index contributed by atoms with van der Waals surface area (Å²) in [5.41, 5.74) is 7.82. The van der Waals surface area contributed by atoms with E-state index in [4.69, 9.17) is 10.5 Å². The molecule has 1 heterocycles. The van der Waals surface area contributed by atoms with Crippen LogP contribution in [-0.4, -0.2) is 16.4 Å². The minimum Gasteiger partial charge on any atom is -0.487 e. The number of rotatable bonds is 8. The van der Waals surface area contributed by atoms with Crippen LogP contribution in [0.2, 0.25) is 0 Å². The van der Waals surface area contributed by atoms with Crippen molar-refractivity contribution in [3.05, 3.63) is 96.9 Å². The van der Waals surface area contributed by atoms with Crippen molar-refractivity contribution in [1.29, 1.82) is 0 Å². The largest absolute Gasteiger partial charge is 0.487 e. The first-order chi connectivity index (χ1) is 16.0. The maximum absolute atomic E-state index is 14.0. The van der Waals surface area contributed by atoms with Gasteiger partial charge in [-0.2, -0.15) is 0 Å². The molecule has 34 heavy (non-hydrogen) atoms. The van der Waals surface area contributed by atoms with Crippen molar-refractivity contribution in [1.82, 2.24) is 10.3 Å². The second-order valence-corrected chi connectivity index (χ2v) is 9.42. The molecule has 0 aliphatic heterocycles. The summed E-state index contributed by atoms with van der Waals surface area (Å²) in [6.45, 7) is 5.21. The highest BCUT2D eigenvalue weighted by atomic mass is 79.9. The van der Waals surface area contributed by atoms with Crippen molar-refractivity contribution in [3.8, 4) is 5.75 Å². The van der Waals surface area contributed by atoms with Gasteiger partial charge in [0.2, 0.25) is 5.91 Å². The zero-order valence-electron chi connectivity index (χ0n) is 19.1. The molecule has 0 fully saturated rings. The molecule has 0 saturated heterocycles. The van der Waals surface area contributed by atoms with Crippen molar-refractivity contribution in [3.63, 3.8) is 0 Å². The van der Waals surface area contributed by atoms with Gasteiger partial charge >= 0.3 is 0 Å². The number of nitrogens with two attached hydrogens (primary N) is 1. The summed E-state index contributed by atoms with van der Waals surface area (Å²) in [6.07, 6.45) is 0.435. The SMILES string of the molecule is Cc1[nH]c(=O)c(Br)c(OCc2ccc(F)cc2F)c1Cc1ccc(CNC(=O)C(C)(C)N)cc1. The first-order valence-electron chi connectivity index (χ1n) is 10.6. The van der Waals surface area contributed by atoms with Crippen LogP contribution in [0.1, 0.15) is 41.8 Å². The van der Waals surface area contributed by atoms with Crippen molar-refractivity contribution in [2.75, 3.05) is 0 Å². The molecule has 3 rings (SSSR count). The predicted octanol–water partition coefficient (Wildman–Crippen LogP) is 4.25. The standard InChI is InChI=1S/C25H26BrF2N3O3/c1-14-19(10-15-4-6-16(7-5-15)12-30-24(33)25(2,3)29)22(21(26)23(32)31-14)34-13-17-8-9-18(27)11-20(17)28/h4-9,11H,10,12-13,29H2,1-3H3,(H,30,33)(H,31,32). The van der Waals surface area contributed by atoms with E-state index in [1.807, 2.05) is 24.3 Å². The van der Waals surface area contributed by atoms with E-state index >= 15 is 0 Å². The first-order valence-corrected chi connectivity index (χ1v) is 11.4. The topological polar surface area (TPSA) is 97.2 Å². The Morgan fingerprint density at radius 1 is 1.15 bits per heavy atom. The Morgan fingerprint density at radius 3 is 2.41 bits per heavy atom. The molecule has 0 radical (unpaired) electrons. The van der Waals surface area contributed by atoms with Crippen LogP contribution < -0.4 is 21.3 Å². The van der Waals surface area contributed by atoms with Gasteiger partial charge in [0.25, 0.3) is 5.56 Å². The Labute approximate surface area is 204 Å². The third-order valence-corrected chi connectivity index (χ3v) is 5.98. The van der Waals surface area contributed by atoms with Crippen LogP contribution in [0.15, 0.2) is 51.7 Å². The van der Waals surface area contributed by atoms with Gasteiger partial charge in [0.15, 0.2) is 0 Å². The molecule has 6 nitrogen and oxygen atoms in total. The number of ether oxygens (including phenoxy) is 1. The molecule has 4 N–H and O–H groups in total. The minimum atomic E-state index is -0.956. The number of aromatic amines is 1. The molecule has 0 atom stereocenters. The van der Waals surface area contributed by atoms with E-state index in [9.17, 15) is 18.4 Å². The molecule has 1 aromatic heterocycles. The predicted molar refractivity (Wildman–Crippen MR) is 130 cm³/mol. The van der Waals surface area contributed by atoms with Crippen LogP contribution >= 0.6 is 15.9 Å². The summed E-state index contributed by atoms with van der Waals surface area (Å²) in [7, 11) is 0. The van der Waals surface area contributed by atoms with Gasteiger partial charge in [-0.1, -0.05) is 24.3 Å². The van der Waals surface area contributed by atoms with Crippen LogP contribution in [-0.2, 0) is 24.4 Å². The van der Waals surface area contributed by atoms with E-state index in [1.165, 1.54) is 6.07 Å². The zero-order valence-corrected chi connectivity index (χ0v) is 20.7. The molecule has 0 aliphatic carbocycles. The average Bonchev–Trinajstić information content (AvgIpc) is 2.76. The van der Waals surface area contributed by atoms with Crippen molar-refractivity contribution in [2.24, 2.45) is 5.73 Å². The van der Waals surface area contributed by atoms with E-state index in [0.29, 0.717) is 24.4 Å². The van der Waals surface area contributed by atoms with Crippen molar-refractivity contribution >= 4 is 21.8 Å². The third-order valence-electron chi connectivity index (χ3n) is 5.26. The number of amides is 1. The summed E-state index contributed by atoms with van der Waals surface area (Å²) in [5.74, 6) is -1.35. The minimum absolute atomic E-state index is 0.170. The molecule has 0 unspecified atom stereocenters. The number of hydrogen-bond donors (Lipinski definition) is 3. The quantitative estimate of drug-likeness (QED) is 0.403. The van der Waals surface area contributed by atoms with E-state index in [1.54, 1.807) is 20.8 Å². The fourth-order valence-corrected chi connectivity index (χ4v) is 3.70. The van der Waals surface area contributed by atoms with Crippen molar-refractivity contribution in [2.45, 2.75) is 45.9 Å². The highest BCUT2D eigenvalue weighted by molar-refractivity contribution is 9.10. The molecule has 0 saturated carbocycles. The zero-order chi connectivity index (χ0) is 25.0. The number of H-pyrrole nitrogens is 1. The Hall–Kier alpha value is -3.04. The van der Waals surface area contributed by atoms with Crippen LogP contribution in [0.5, 0.6) is 5.75 Å². The molecule has 0 aliphatic rings. The van der Waals surface area contributed by atoms with Crippen LogP contribution in [0.25, 0.3) is 0 Å². The molecule has 2 aromatic carbocycles. The molecule has 180 valence electrons. The molecule has 0 spiro atoms. The second kappa shape index (κ2) is 10.5. The monoisotopic (exact) mass is 533 g/mol. The smallest absolute Gasteiger partial charge is 0.266 e. The molecular weight excluding hydrogens is 508 g/mol. The lowest BCUT2D eigenvalue weighted by Crippen LogP contribution is -2.48. The van der Waals surface area contributed by atoms with Crippen LogP contribution in [0.4, 0.5) is 8.78 Å². The lowest BCUT2D eigenvalue weighted by Gasteiger charge is -2.18. The fourth-order valence-electron chi connectivity index (χ4n) is 3.25.